The fourth-order valence-corrected chi connectivity index (χ4v) is 5.16. The molecule has 3 rings (SSSR count). The number of ether oxygens (including phenoxy) is 1. The van der Waals surface area contributed by atoms with Crippen LogP contribution in [-0.2, 0) is 29.4 Å². The molecule has 2 aromatic heterocycles. The number of aromatic nitrogens is 2. The number of carbonyl (C=O) groups is 2. The molecule has 8 nitrogen and oxygen atoms in total. The Labute approximate surface area is 164 Å². The van der Waals surface area contributed by atoms with Gasteiger partial charge in [0.05, 0.1) is 17.9 Å². The summed E-state index contributed by atoms with van der Waals surface area (Å²) in [4.78, 5) is 37.8. The lowest BCUT2D eigenvalue weighted by Crippen LogP contribution is -2.35. The third-order valence-corrected chi connectivity index (χ3v) is 6.90. The van der Waals surface area contributed by atoms with E-state index in [2.05, 4.69) is 10.6 Å². The Morgan fingerprint density at radius 2 is 2.07 bits per heavy atom. The lowest BCUT2D eigenvalue weighted by Gasteiger charge is -2.10. The second kappa shape index (κ2) is 8.30. The minimum absolute atomic E-state index is 0.290. The fraction of sp³-hybridized carbons (Fsp3) is 0.529. The Morgan fingerprint density at radius 1 is 1.33 bits per heavy atom. The number of carbonyl (C=O) groups excluding carboxylic acids is 2. The molecule has 10 heteroatoms. The number of thiophene rings is 1. The number of thioether (sulfide) groups is 1. The van der Waals surface area contributed by atoms with Gasteiger partial charge in [-0.3, -0.25) is 9.32 Å². The number of anilines is 1. The maximum atomic E-state index is 12.7. The van der Waals surface area contributed by atoms with Crippen LogP contribution in [0.4, 0.5) is 5.00 Å². The van der Waals surface area contributed by atoms with Crippen molar-refractivity contribution >= 4 is 40.0 Å². The summed E-state index contributed by atoms with van der Waals surface area (Å²) in [6.45, 7) is 1.70. The second-order valence-electron chi connectivity index (χ2n) is 6.35. The Morgan fingerprint density at radius 3 is 2.74 bits per heavy atom. The minimum atomic E-state index is -0.553. The van der Waals surface area contributed by atoms with E-state index in [0.717, 1.165) is 54.3 Å². The van der Waals surface area contributed by atoms with Crippen molar-refractivity contribution in [3.05, 3.63) is 26.4 Å². The van der Waals surface area contributed by atoms with Gasteiger partial charge in [-0.25, -0.2) is 9.59 Å². The van der Waals surface area contributed by atoms with Crippen LogP contribution in [0, 0.1) is 0 Å². The van der Waals surface area contributed by atoms with Gasteiger partial charge >= 0.3 is 16.6 Å². The van der Waals surface area contributed by atoms with Gasteiger partial charge in [0.2, 0.25) is 5.91 Å². The number of rotatable bonds is 5. The molecule has 1 aliphatic carbocycles. The van der Waals surface area contributed by atoms with E-state index in [9.17, 15) is 14.4 Å². The van der Waals surface area contributed by atoms with Gasteiger partial charge in [0.15, 0.2) is 7.05 Å². The van der Waals surface area contributed by atoms with Gasteiger partial charge in [0, 0.05) is 4.88 Å². The predicted octanol–water partition coefficient (Wildman–Crippen LogP) is 2.03. The van der Waals surface area contributed by atoms with E-state index in [4.69, 9.17) is 9.26 Å². The minimum Gasteiger partial charge on any atom is -0.465 e. The molecule has 1 aliphatic rings. The Hall–Kier alpha value is -2.07. The number of H-pyrrole nitrogens is 1. The molecule has 0 fully saturated rings. The quantitative estimate of drug-likeness (QED) is 0.337. The van der Waals surface area contributed by atoms with Crippen molar-refractivity contribution < 1.29 is 23.5 Å². The van der Waals surface area contributed by atoms with E-state index in [1.807, 2.05) is 0 Å². The van der Waals surface area contributed by atoms with E-state index in [1.165, 1.54) is 23.1 Å². The number of hydrogen-bond donors (Lipinski definition) is 2. The standard InChI is InChI=1S/C17H21N3O5S2/c1-9(26-15-17(23)25-19-20(15)2)13(21)18-14-12(16(22)24-3)10-7-5-4-6-8-11(10)27-14/h9H,4-8H2,1-3H3,(H-,18,19,21,22,23)/p+1. The first-order valence-corrected chi connectivity index (χ1v) is 10.4. The highest BCUT2D eigenvalue weighted by molar-refractivity contribution is 8.00. The van der Waals surface area contributed by atoms with Gasteiger partial charge in [-0.2, -0.15) is 0 Å². The summed E-state index contributed by atoms with van der Waals surface area (Å²) >= 11 is 2.54. The summed E-state index contributed by atoms with van der Waals surface area (Å²) < 4.78 is 11.1. The van der Waals surface area contributed by atoms with Crippen LogP contribution in [0.1, 0.15) is 47.0 Å². The number of nitrogens with one attached hydrogen (secondary N) is 2. The summed E-state index contributed by atoms with van der Waals surface area (Å²) in [5.74, 6) is -0.718. The van der Waals surface area contributed by atoms with E-state index in [0.29, 0.717) is 15.6 Å². The normalized spacial score (nSPS) is 14.9. The number of fused-ring (bicyclic) bond motifs is 1. The van der Waals surface area contributed by atoms with Crippen LogP contribution in [0.5, 0.6) is 0 Å². The highest BCUT2D eigenvalue weighted by Crippen LogP contribution is 2.38. The van der Waals surface area contributed by atoms with Crippen molar-refractivity contribution in [3.63, 3.8) is 0 Å². The van der Waals surface area contributed by atoms with Crippen LogP contribution in [-0.4, -0.2) is 29.5 Å². The van der Waals surface area contributed by atoms with E-state index >= 15 is 0 Å². The van der Waals surface area contributed by atoms with Gasteiger partial charge < -0.3 is 10.1 Å². The van der Waals surface area contributed by atoms with Crippen molar-refractivity contribution in [2.24, 2.45) is 7.05 Å². The lowest BCUT2D eigenvalue weighted by molar-refractivity contribution is -0.772. The van der Waals surface area contributed by atoms with Gasteiger partial charge in [-0.05, 0) is 55.2 Å². The number of methoxy groups -OCH3 is 1. The maximum absolute atomic E-state index is 12.7. The number of aryl methyl sites for hydroxylation is 2. The van der Waals surface area contributed by atoms with Gasteiger partial charge in [-0.1, -0.05) is 11.1 Å². The van der Waals surface area contributed by atoms with Crippen molar-refractivity contribution in [3.8, 4) is 0 Å². The molecular weight excluding hydrogens is 390 g/mol. The summed E-state index contributed by atoms with van der Waals surface area (Å²) in [7, 11) is 2.97. The smallest absolute Gasteiger partial charge is 0.441 e. The predicted molar refractivity (Wildman–Crippen MR) is 101 cm³/mol. The fourth-order valence-electron chi connectivity index (χ4n) is 3.04. The summed E-state index contributed by atoms with van der Waals surface area (Å²) in [6.07, 6.45) is 4.95. The van der Waals surface area contributed by atoms with Crippen LogP contribution < -0.4 is 15.6 Å². The van der Waals surface area contributed by atoms with Crippen LogP contribution in [0.2, 0.25) is 0 Å². The topological polar surface area (TPSA) is 105 Å². The molecule has 0 bridgehead atoms. The molecule has 146 valence electrons. The molecule has 1 unspecified atom stereocenters. The summed E-state index contributed by atoms with van der Waals surface area (Å²) in [5, 5.41) is 5.55. The first kappa shape index (κ1) is 19.7. The molecule has 0 spiro atoms. The van der Waals surface area contributed by atoms with Crippen molar-refractivity contribution in [1.29, 1.82) is 0 Å². The van der Waals surface area contributed by atoms with Gasteiger partial charge in [0.1, 0.15) is 5.00 Å². The Bertz CT molecular complexity index is 914. The Kier molecular flexibility index (Phi) is 6.05. The number of aromatic amines is 1. The number of hydrogen-bond acceptors (Lipinski definition) is 7. The van der Waals surface area contributed by atoms with Crippen molar-refractivity contribution in [1.82, 2.24) is 5.27 Å². The molecule has 2 N–H and O–H groups in total. The molecule has 1 amide bonds. The second-order valence-corrected chi connectivity index (χ2v) is 8.79. The molecule has 0 aliphatic heterocycles. The molecule has 2 heterocycles. The van der Waals surface area contributed by atoms with Gasteiger partial charge in [-0.15, -0.1) is 11.3 Å². The third-order valence-electron chi connectivity index (χ3n) is 4.46. The molecule has 0 saturated carbocycles. The highest BCUT2D eigenvalue weighted by Gasteiger charge is 2.29. The maximum Gasteiger partial charge on any atom is 0.441 e. The first-order chi connectivity index (χ1) is 12.9. The average Bonchev–Trinajstić information content (AvgIpc) is 3.04. The zero-order chi connectivity index (χ0) is 19.6. The van der Waals surface area contributed by atoms with E-state index < -0.39 is 16.8 Å². The molecule has 1 atom stereocenters. The molecule has 0 saturated heterocycles. The van der Waals surface area contributed by atoms with Crippen LogP contribution in [0.15, 0.2) is 14.3 Å². The van der Waals surface area contributed by atoms with Crippen LogP contribution in [0.3, 0.4) is 0 Å². The molecular formula is C17H22N3O5S2+. The monoisotopic (exact) mass is 412 g/mol. The average molecular weight is 413 g/mol. The zero-order valence-corrected chi connectivity index (χ0v) is 17.1. The van der Waals surface area contributed by atoms with Crippen molar-refractivity contribution in [2.75, 3.05) is 12.4 Å². The molecule has 27 heavy (non-hydrogen) atoms. The Balaban J connectivity index is 1.83. The number of esters is 1. The summed E-state index contributed by atoms with van der Waals surface area (Å²) in [5.41, 5.74) is 0.939. The van der Waals surface area contributed by atoms with Crippen LogP contribution >= 0.6 is 23.1 Å². The molecule has 0 aromatic carbocycles. The lowest BCUT2D eigenvalue weighted by atomic mass is 10.1. The third kappa shape index (κ3) is 4.11. The highest BCUT2D eigenvalue weighted by atomic mass is 32.2. The zero-order valence-electron chi connectivity index (χ0n) is 15.4. The van der Waals surface area contributed by atoms with E-state index in [-0.39, 0.29) is 5.91 Å². The number of nitrogens with zero attached hydrogens (tertiary/aromatic N) is 1. The van der Waals surface area contributed by atoms with E-state index in [1.54, 1.807) is 14.0 Å². The summed E-state index contributed by atoms with van der Waals surface area (Å²) in [6, 6.07) is 0. The van der Waals surface area contributed by atoms with Gasteiger partial charge in [0.25, 0.3) is 0 Å². The first-order valence-electron chi connectivity index (χ1n) is 8.70. The molecule has 2 aromatic rings. The molecule has 0 radical (unpaired) electrons. The van der Waals surface area contributed by atoms with Crippen LogP contribution in [0.25, 0.3) is 0 Å². The largest absolute Gasteiger partial charge is 0.465 e. The van der Waals surface area contributed by atoms with Crippen molar-refractivity contribution in [2.45, 2.75) is 49.3 Å². The number of amides is 1. The SMILES string of the molecule is COC(=O)c1c(NC(=O)C(C)Sc2c(=O)o[nH][n+]2C)sc2c1CCCCC2.